The lowest BCUT2D eigenvalue weighted by Gasteiger charge is -1.94. The Morgan fingerprint density at radius 3 is 3.00 bits per heavy atom. The van der Waals surface area contributed by atoms with Crippen LogP contribution in [0.2, 0.25) is 0 Å². The second-order valence-electron chi connectivity index (χ2n) is 2.90. The molecule has 3 rings (SSSR count). The lowest BCUT2D eigenvalue weighted by Crippen LogP contribution is -1.76. The summed E-state index contributed by atoms with van der Waals surface area (Å²) in [6.07, 6.45) is 1.86. The van der Waals surface area contributed by atoms with E-state index in [1.807, 2.05) is 24.4 Å². The summed E-state index contributed by atoms with van der Waals surface area (Å²) in [4.78, 5) is 5.51. The highest BCUT2D eigenvalue weighted by Gasteiger charge is 1.99. The fourth-order valence-electron chi connectivity index (χ4n) is 1.41. The van der Waals surface area contributed by atoms with Crippen LogP contribution < -0.4 is 0 Å². The molecule has 3 heteroatoms. The van der Waals surface area contributed by atoms with Gasteiger partial charge in [0.25, 0.3) is 0 Å². The molecule has 1 aromatic carbocycles. The number of benzene rings is 1. The Kier molecular flexibility index (Phi) is 1.34. The summed E-state index contributed by atoms with van der Waals surface area (Å²) in [5, 5.41) is 2.30. The molecule has 0 aliphatic heterocycles. The minimum absolute atomic E-state index is 1.01. The van der Waals surface area contributed by atoms with E-state index in [1.54, 1.807) is 0 Å². The Labute approximate surface area is 79.0 Å². The molecule has 13 heavy (non-hydrogen) atoms. The van der Waals surface area contributed by atoms with Crippen molar-refractivity contribution in [1.29, 1.82) is 0 Å². The molecule has 0 unspecified atom stereocenters. The number of nitrogens with zero attached hydrogens (tertiary/aromatic N) is 2. The van der Waals surface area contributed by atoms with Gasteiger partial charge in [-0.25, -0.2) is 4.98 Å². The summed E-state index contributed by atoms with van der Waals surface area (Å²) in [7, 11) is 0. The average Bonchev–Trinajstić information content (AvgIpc) is 2.61. The van der Waals surface area contributed by atoms with E-state index < -0.39 is 0 Å². The number of aromatic nitrogens is 2. The zero-order valence-corrected chi connectivity index (χ0v) is 7.58. The first-order valence-electron chi connectivity index (χ1n) is 4.04. The highest BCUT2D eigenvalue weighted by molar-refractivity contribution is 7.12. The Morgan fingerprint density at radius 2 is 2.00 bits per heavy atom. The van der Waals surface area contributed by atoms with Crippen LogP contribution in [0.15, 0.2) is 36.5 Å². The van der Waals surface area contributed by atoms with Crippen LogP contribution in [0.1, 0.15) is 0 Å². The summed E-state index contributed by atoms with van der Waals surface area (Å²) in [5.41, 5.74) is 1.04. The minimum atomic E-state index is 1.01. The third kappa shape index (κ3) is 1.01. The molecular formula is C10H6N2S. The van der Waals surface area contributed by atoms with Gasteiger partial charge in [0.15, 0.2) is 0 Å². The Morgan fingerprint density at radius 1 is 1.08 bits per heavy atom. The summed E-state index contributed by atoms with van der Waals surface area (Å²) >= 11 is 1.44. The fraction of sp³-hybridized carbons (Fsp3) is 0. The smallest absolute Gasteiger partial charge is 0.144 e. The molecule has 0 radical (unpaired) electrons. The van der Waals surface area contributed by atoms with Gasteiger partial charge in [-0.05, 0) is 23.7 Å². The van der Waals surface area contributed by atoms with Gasteiger partial charge in [0, 0.05) is 10.8 Å². The zero-order valence-electron chi connectivity index (χ0n) is 6.77. The molecule has 0 N–H and O–H groups in total. The molecule has 0 bridgehead atoms. The highest BCUT2D eigenvalue weighted by Crippen LogP contribution is 2.21. The second-order valence-corrected chi connectivity index (χ2v) is 3.68. The molecule has 0 amide bonds. The van der Waals surface area contributed by atoms with E-state index in [0.29, 0.717) is 0 Å². The second kappa shape index (κ2) is 2.50. The summed E-state index contributed by atoms with van der Waals surface area (Å²) < 4.78 is 4.10. The molecule has 3 aromatic rings. The fourth-order valence-corrected chi connectivity index (χ4v) is 2.04. The van der Waals surface area contributed by atoms with Crippen molar-refractivity contribution < 1.29 is 0 Å². The largest absolute Gasteiger partial charge is 0.235 e. The van der Waals surface area contributed by atoms with Crippen LogP contribution in [0.5, 0.6) is 0 Å². The van der Waals surface area contributed by atoms with Gasteiger partial charge in [0.1, 0.15) is 4.83 Å². The van der Waals surface area contributed by atoms with E-state index in [-0.39, 0.29) is 0 Å². The lowest BCUT2D eigenvalue weighted by atomic mass is 10.2. The van der Waals surface area contributed by atoms with Crippen LogP contribution in [-0.2, 0) is 0 Å². The van der Waals surface area contributed by atoms with Crippen molar-refractivity contribution in [3.8, 4) is 0 Å². The van der Waals surface area contributed by atoms with Crippen molar-refractivity contribution in [3.63, 3.8) is 0 Å². The molecule has 62 valence electrons. The van der Waals surface area contributed by atoms with Crippen LogP contribution in [0.3, 0.4) is 0 Å². The maximum atomic E-state index is 4.49. The maximum Gasteiger partial charge on any atom is 0.144 e. The van der Waals surface area contributed by atoms with Crippen LogP contribution in [0, 0.1) is 0 Å². The number of hydrogen-bond donors (Lipinski definition) is 0. The monoisotopic (exact) mass is 186 g/mol. The summed E-state index contributed by atoms with van der Waals surface area (Å²) in [6.45, 7) is 0. The van der Waals surface area contributed by atoms with E-state index in [2.05, 4.69) is 21.5 Å². The lowest BCUT2D eigenvalue weighted by molar-refractivity contribution is 1.54. The van der Waals surface area contributed by atoms with Crippen molar-refractivity contribution in [2.45, 2.75) is 0 Å². The molecule has 0 aliphatic carbocycles. The number of fused-ring (bicyclic) bond motifs is 2. The van der Waals surface area contributed by atoms with Gasteiger partial charge in [0.05, 0.1) is 11.7 Å². The zero-order chi connectivity index (χ0) is 8.67. The predicted molar refractivity (Wildman–Crippen MR) is 54.9 cm³/mol. The summed E-state index contributed by atoms with van der Waals surface area (Å²) in [5.74, 6) is 0. The van der Waals surface area contributed by atoms with E-state index in [1.165, 1.54) is 16.9 Å². The number of hydrogen-bond acceptors (Lipinski definition) is 3. The van der Waals surface area contributed by atoms with Crippen LogP contribution in [-0.4, -0.2) is 9.36 Å². The maximum absolute atomic E-state index is 4.49. The average molecular weight is 186 g/mol. The molecule has 0 saturated carbocycles. The van der Waals surface area contributed by atoms with Gasteiger partial charge in [-0.3, -0.25) is 0 Å². The van der Waals surface area contributed by atoms with Gasteiger partial charge in [-0.15, -0.1) is 0 Å². The summed E-state index contributed by atoms with van der Waals surface area (Å²) in [6, 6.07) is 10.2. The first-order valence-corrected chi connectivity index (χ1v) is 4.81. The minimum Gasteiger partial charge on any atom is -0.235 e. The van der Waals surface area contributed by atoms with Crippen LogP contribution in [0.25, 0.3) is 21.1 Å². The highest BCUT2D eigenvalue weighted by atomic mass is 32.1. The van der Waals surface area contributed by atoms with Crippen molar-refractivity contribution in [1.82, 2.24) is 9.36 Å². The normalized spacial score (nSPS) is 11.1. The molecule has 0 atom stereocenters. The molecule has 0 aliphatic rings. The molecule has 0 saturated heterocycles. The van der Waals surface area contributed by atoms with Gasteiger partial charge in [0.2, 0.25) is 0 Å². The first kappa shape index (κ1) is 6.97. The van der Waals surface area contributed by atoms with Crippen molar-refractivity contribution in [2.75, 3.05) is 0 Å². The third-order valence-corrected chi connectivity index (χ3v) is 2.76. The number of para-hydroxylation sites is 1. The van der Waals surface area contributed by atoms with Crippen molar-refractivity contribution in [3.05, 3.63) is 36.5 Å². The third-order valence-electron chi connectivity index (χ3n) is 2.05. The van der Waals surface area contributed by atoms with Gasteiger partial charge in [-0.2, -0.15) is 4.37 Å². The Balaban J connectivity index is 2.57. The van der Waals surface area contributed by atoms with Gasteiger partial charge in [-0.1, -0.05) is 18.2 Å². The van der Waals surface area contributed by atoms with E-state index in [9.17, 15) is 0 Å². The Bertz CT molecular complexity index is 521. The van der Waals surface area contributed by atoms with E-state index in [4.69, 9.17) is 0 Å². The van der Waals surface area contributed by atoms with Crippen molar-refractivity contribution >= 4 is 32.7 Å². The molecule has 0 spiro atoms. The quantitative estimate of drug-likeness (QED) is 0.539. The van der Waals surface area contributed by atoms with Crippen LogP contribution in [0.4, 0.5) is 0 Å². The molecule has 2 nitrogen and oxygen atoms in total. The van der Waals surface area contributed by atoms with Gasteiger partial charge >= 0.3 is 0 Å². The van der Waals surface area contributed by atoms with E-state index in [0.717, 1.165) is 15.7 Å². The van der Waals surface area contributed by atoms with Crippen molar-refractivity contribution in [2.24, 2.45) is 0 Å². The van der Waals surface area contributed by atoms with Crippen LogP contribution >= 0.6 is 11.5 Å². The van der Waals surface area contributed by atoms with Gasteiger partial charge < -0.3 is 0 Å². The molecule has 2 aromatic heterocycles. The predicted octanol–water partition coefficient (Wildman–Crippen LogP) is 2.84. The molecular weight excluding hydrogens is 180 g/mol. The standard InChI is InChI=1S/C10H6N2S/c1-2-4-9-7(3-1)5-8-6-11-13-10(8)12-9/h1-6H. The SMILES string of the molecule is c1ccc2nc3sncc3cc2c1. The number of pyridine rings is 1. The van der Waals surface area contributed by atoms with E-state index >= 15 is 0 Å². The molecule has 2 heterocycles. The first-order chi connectivity index (χ1) is 6.43. The topological polar surface area (TPSA) is 25.8 Å². The Hall–Kier alpha value is -1.48. The number of rotatable bonds is 0. The molecule has 0 fully saturated rings.